The molecule has 1 aliphatic rings. The number of hydrogen-bond acceptors (Lipinski definition) is 7. The number of nitrogens with zero attached hydrogens (tertiary/aromatic N) is 1. The number of rotatable bonds is 35. The standard InChI is InChI=1S/C42H75NO6/c1-3-5-7-9-11-13-15-17-19-21-23-25-27-30-40(44)47-36-39(38-49-42(46)32-35-43-33-29-34-43)37-48-41(45)31-28-26-24-22-20-18-16-14-12-10-8-6-4-2/h13-16,39H,3-12,17-38H2,1-2H3/b15-13-,16-14-. The molecule has 0 amide bonds. The van der Waals surface area contributed by atoms with Crippen molar-refractivity contribution in [3.05, 3.63) is 24.3 Å². The van der Waals surface area contributed by atoms with Crippen LogP contribution in [-0.4, -0.2) is 62.3 Å². The Bertz CT molecular complexity index is 800. The lowest BCUT2D eigenvalue weighted by molar-refractivity contribution is -0.153. The highest BCUT2D eigenvalue weighted by Crippen LogP contribution is 2.13. The molecule has 0 bridgehead atoms. The van der Waals surface area contributed by atoms with Gasteiger partial charge in [0.1, 0.15) is 19.8 Å². The minimum absolute atomic E-state index is 0.0831. The van der Waals surface area contributed by atoms with E-state index in [-0.39, 0.29) is 43.6 Å². The Morgan fingerprint density at radius 2 is 0.837 bits per heavy atom. The second-order valence-corrected chi connectivity index (χ2v) is 14.1. The molecule has 0 atom stereocenters. The topological polar surface area (TPSA) is 82.1 Å². The van der Waals surface area contributed by atoms with E-state index in [9.17, 15) is 14.4 Å². The molecule has 0 N–H and O–H groups in total. The summed E-state index contributed by atoms with van der Waals surface area (Å²) in [4.78, 5) is 39.4. The third-order valence-corrected chi connectivity index (χ3v) is 9.31. The summed E-state index contributed by atoms with van der Waals surface area (Å²) in [5, 5.41) is 0. The minimum Gasteiger partial charge on any atom is -0.465 e. The van der Waals surface area contributed by atoms with E-state index in [2.05, 4.69) is 43.1 Å². The van der Waals surface area contributed by atoms with Crippen LogP contribution >= 0.6 is 0 Å². The fraction of sp³-hybridized carbons (Fsp3) is 0.833. The molecule has 7 heteroatoms. The maximum atomic E-state index is 12.4. The van der Waals surface area contributed by atoms with Crippen molar-refractivity contribution in [3.63, 3.8) is 0 Å². The molecule has 0 aromatic heterocycles. The van der Waals surface area contributed by atoms with Crippen molar-refractivity contribution in [3.8, 4) is 0 Å². The smallest absolute Gasteiger partial charge is 0.307 e. The van der Waals surface area contributed by atoms with E-state index in [0.717, 1.165) is 64.5 Å². The Hall–Kier alpha value is -2.15. The van der Waals surface area contributed by atoms with Crippen molar-refractivity contribution >= 4 is 17.9 Å². The molecule has 1 aliphatic heterocycles. The van der Waals surface area contributed by atoms with Gasteiger partial charge < -0.3 is 19.1 Å². The molecular formula is C42H75NO6. The number of carbonyl (C=O) groups is 3. The van der Waals surface area contributed by atoms with Crippen LogP contribution in [0.4, 0.5) is 0 Å². The summed E-state index contributed by atoms with van der Waals surface area (Å²) < 4.78 is 16.6. The normalized spacial score (nSPS) is 13.4. The summed E-state index contributed by atoms with van der Waals surface area (Å²) >= 11 is 0. The van der Waals surface area contributed by atoms with Crippen LogP contribution in [0.25, 0.3) is 0 Å². The lowest BCUT2D eigenvalue weighted by Crippen LogP contribution is -2.38. The molecule has 1 fully saturated rings. The van der Waals surface area contributed by atoms with Crippen LogP contribution in [0.15, 0.2) is 24.3 Å². The van der Waals surface area contributed by atoms with Crippen molar-refractivity contribution in [2.45, 2.75) is 181 Å². The molecule has 284 valence electrons. The number of hydrogen-bond donors (Lipinski definition) is 0. The number of carbonyl (C=O) groups excluding carboxylic acids is 3. The predicted octanol–water partition coefficient (Wildman–Crippen LogP) is 10.8. The molecule has 1 saturated heterocycles. The molecule has 49 heavy (non-hydrogen) atoms. The summed E-state index contributed by atoms with van der Waals surface area (Å²) in [6.07, 6.45) is 37.5. The number of esters is 3. The molecule has 1 heterocycles. The second kappa shape index (κ2) is 34.3. The van der Waals surface area contributed by atoms with Gasteiger partial charge in [-0.1, -0.05) is 115 Å². The second-order valence-electron chi connectivity index (χ2n) is 14.1. The van der Waals surface area contributed by atoms with Crippen LogP contribution < -0.4 is 0 Å². The molecule has 0 aromatic rings. The van der Waals surface area contributed by atoms with Crippen LogP contribution in [0, 0.1) is 5.92 Å². The molecule has 1 rings (SSSR count). The fourth-order valence-corrected chi connectivity index (χ4v) is 5.82. The van der Waals surface area contributed by atoms with Crippen molar-refractivity contribution in [1.82, 2.24) is 4.90 Å². The highest BCUT2D eigenvalue weighted by molar-refractivity contribution is 5.70. The zero-order chi connectivity index (χ0) is 35.5. The molecule has 0 radical (unpaired) electrons. The fourth-order valence-electron chi connectivity index (χ4n) is 5.82. The van der Waals surface area contributed by atoms with E-state index >= 15 is 0 Å². The van der Waals surface area contributed by atoms with Crippen molar-refractivity contribution in [2.75, 3.05) is 39.5 Å². The molecule has 0 spiro atoms. The lowest BCUT2D eigenvalue weighted by Gasteiger charge is -2.30. The summed E-state index contributed by atoms with van der Waals surface area (Å²) in [5.74, 6) is -1.11. The van der Waals surface area contributed by atoms with Crippen LogP contribution in [0.5, 0.6) is 0 Å². The summed E-state index contributed by atoms with van der Waals surface area (Å²) in [6.45, 7) is 7.53. The average Bonchev–Trinajstić information content (AvgIpc) is 3.07. The van der Waals surface area contributed by atoms with Gasteiger partial charge in [-0.05, 0) is 83.7 Å². The van der Waals surface area contributed by atoms with E-state index in [1.165, 1.54) is 96.3 Å². The predicted molar refractivity (Wildman–Crippen MR) is 202 cm³/mol. The Morgan fingerprint density at radius 3 is 1.20 bits per heavy atom. The van der Waals surface area contributed by atoms with Gasteiger partial charge in [0.05, 0.1) is 12.3 Å². The van der Waals surface area contributed by atoms with Crippen molar-refractivity contribution in [1.29, 1.82) is 0 Å². The van der Waals surface area contributed by atoms with E-state index in [1.807, 2.05) is 0 Å². The first-order valence-electron chi connectivity index (χ1n) is 20.5. The summed E-state index contributed by atoms with van der Waals surface area (Å²) in [6, 6.07) is 0. The van der Waals surface area contributed by atoms with E-state index in [4.69, 9.17) is 14.2 Å². The van der Waals surface area contributed by atoms with Gasteiger partial charge in [-0.15, -0.1) is 0 Å². The number of ether oxygens (including phenoxy) is 3. The molecular weight excluding hydrogens is 614 g/mol. The van der Waals surface area contributed by atoms with Gasteiger partial charge in [0, 0.05) is 19.4 Å². The quantitative estimate of drug-likeness (QED) is 0.0283. The Balaban J connectivity index is 2.21. The third-order valence-electron chi connectivity index (χ3n) is 9.31. The van der Waals surface area contributed by atoms with Crippen LogP contribution in [0.2, 0.25) is 0 Å². The Labute approximate surface area is 301 Å². The maximum absolute atomic E-state index is 12.4. The third kappa shape index (κ3) is 30.4. The van der Waals surface area contributed by atoms with Gasteiger partial charge in [0.2, 0.25) is 0 Å². The number of unbranched alkanes of at least 4 members (excludes halogenated alkanes) is 18. The SMILES string of the molecule is CCCCCC/C=C\CCCCCCCC(=O)OCC(COC(=O)CCCCCCC/C=C\CCCCCC)COC(=O)CCN1CCC1. The van der Waals surface area contributed by atoms with Crippen LogP contribution in [0.3, 0.4) is 0 Å². The van der Waals surface area contributed by atoms with E-state index in [0.29, 0.717) is 25.8 Å². The van der Waals surface area contributed by atoms with Crippen molar-refractivity contribution < 1.29 is 28.6 Å². The monoisotopic (exact) mass is 690 g/mol. The van der Waals surface area contributed by atoms with Gasteiger partial charge in [-0.3, -0.25) is 14.4 Å². The van der Waals surface area contributed by atoms with Crippen molar-refractivity contribution in [2.24, 2.45) is 5.92 Å². The first kappa shape index (κ1) is 44.9. The molecule has 0 aromatic carbocycles. The number of allylic oxidation sites excluding steroid dienone is 4. The highest BCUT2D eigenvalue weighted by atomic mass is 16.6. The zero-order valence-electron chi connectivity index (χ0n) is 31.9. The zero-order valence-corrected chi connectivity index (χ0v) is 31.9. The van der Waals surface area contributed by atoms with E-state index < -0.39 is 0 Å². The lowest BCUT2D eigenvalue weighted by atomic mass is 10.1. The largest absolute Gasteiger partial charge is 0.465 e. The Kier molecular flexibility index (Phi) is 31.4. The molecule has 7 nitrogen and oxygen atoms in total. The van der Waals surface area contributed by atoms with E-state index in [1.54, 1.807) is 0 Å². The van der Waals surface area contributed by atoms with Gasteiger partial charge in [0.15, 0.2) is 0 Å². The highest BCUT2D eigenvalue weighted by Gasteiger charge is 2.19. The summed E-state index contributed by atoms with van der Waals surface area (Å²) in [7, 11) is 0. The number of likely N-dealkylation sites (tertiary alicyclic amines) is 1. The molecule has 0 saturated carbocycles. The maximum Gasteiger partial charge on any atom is 0.307 e. The first-order valence-corrected chi connectivity index (χ1v) is 20.5. The minimum atomic E-state index is -0.361. The first-order chi connectivity index (χ1) is 24.0. The Morgan fingerprint density at radius 1 is 0.490 bits per heavy atom. The molecule has 0 aliphatic carbocycles. The van der Waals surface area contributed by atoms with Gasteiger partial charge in [-0.25, -0.2) is 0 Å². The average molecular weight is 690 g/mol. The van der Waals surface area contributed by atoms with Gasteiger partial charge in [0.25, 0.3) is 0 Å². The van der Waals surface area contributed by atoms with Crippen LogP contribution in [-0.2, 0) is 28.6 Å². The van der Waals surface area contributed by atoms with Gasteiger partial charge >= 0.3 is 17.9 Å². The van der Waals surface area contributed by atoms with Gasteiger partial charge in [-0.2, -0.15) is 0 Å². The molecule has 0 unspecified atom stereocenters. The van der Waals surface area contributed by atoms with Crippen LogP contribution in [0.1, 0.15) is 181 Å². The summed E-state index contributed by atoms with van der Waals surface area (Å²) in [5.41, 5.74) is 0.